The van der Waals surface area contributed by atoms with Crippen molar-refractivity contribution >= 4 is 24.3 Å². The molecule has 0 spiro atoms. The van der Waals surface area contributed by atoms with E-state index in [9.17, 15) is 35.9 Å². The summed E-state index contributed by atoms with van der Waals surface area (Å²) in [6, 6.07) is 10.5. The number of cyclic esters (lactones) is 1. The van der Waals surface area contributed by atoms with Crippen molar-refractivity contribution in [2.75, 3.05) is 32.8 Å². The van der Waals surface area contributed by atoms with E-state index >= 15 is 0 Å². The number of carbonyl (C=O) groups is 2. The zero-order valence-corrected chi connectivity index (χ0v) is 24.9. The predicted molar refractivity (Wildman–Crippen MR) is 151 cm³/mol. The van der Waals surface area contributed by atoms with Crippen molar-refractivity contribution in [3.8, 4) is 0 Å². The second-order valence-electron chi connectivity index (χ2n) is 11.5. The quantitative estimate of drug-likeness (QED) is 0.260. The van der Waals surface area contributed by atoms with Gasteiger partial charge in [-0.3, -0.25) is 14.5 Å². The van der Waals surface area contributed by atoms with Crippen LogP contribution in [0.15, 0.2) is 48.5 Å². The molecule has 3 fully saturated rings. The minimum absolute atomic E-state index is 0. The Morgan fingerprint density at radius 2 is 1.52 bits per heavy atom. The van der Waals surface area contributed by atoms with Gasteiger partial charge in [0.1, 0.15) is 6.04 Å². The van der Waals surface area contributed by atoms with Gasteiger partial charge in [-0.2, -0.15) is 26.3 Å². The van der Waals surface area contributed by atoms with Gasteiger partial charge >= 0.3 is 18.3 Å². The number of alkyl halides is 6. The van der Waals surface area contributed by atoms with Crippen molar-refractivity contribution in [1.82, 2.24) is 9.80 Å². The Morgan fingerprint density at radius 3 is 2.07 bits per heavy atom. The van der Waals surface area contributed by atoms with Gasteiger partial charge in [0, 0.05) is 31.3 Å². The van der Waals surface area contributed by atoms with Crippen LogP contribution in [0.2, 0.25) is 0 Å². The van der Waals surface area contributed by atoms with E-state index in [-0.39, 0.29) is 53.8 Å². The summed E-state index contributed by atoms with van der Waals surface area (Å²) in [5, 5.41) is 0. The maximum Gasteiger partial charge on any atom is 0.416 e. The van der Waals surface area contributed by atoms with E-state index in [1.165, 1.54) is 6.92 Å². The number of nitrogens with zero attached hydrogens (tertiary/aromatic N) is 2. The Kier molecular flexibility index (Phi) is 10.6. The summed E-state index contributed by atoms with van der Waals surface area (Å²) in [7, 11) is 0. The molecule has 3 heterocycles. The number of amides is 1. The van der Waals surface area contributed by atoms with Crippen molar-refractivity contribution in [3.63, 3.8) is 0 Å². The van der Waals surface area contributed by atoms with Gasteiger partial charge in [0.05, 0.1) is 29.9 Å². The van der Waals surface area contributed by atoms with E-state index in [2.05, 4.69) is 4.90 Å². The van der Waals surface area contributed by atoms with E-state index < -0.39 is 35.7 Å². The summed E-state index contributed by atoms with van der Waals surface area (Å²) in [6.45, 7) is 3.76. The first-order valence-electron chi connectivity index (χ1n) is 14.5. The molecule has 2 aromatic carbocycles. The average molecular weight is 649 g/mol. The van der Waals surface area contributed by atoms with Crippen LogP contribution in [0, 0.1) is 5.92 Å². The van der Waals surface area contributed by atoms with Crippen LogP contribution >= 0.6 is 12.4 Å². The molecule has 0 aromatic heterocycles. The average Bonchev–Trinajstić information content (AvgIpc) is 3.42. The second-order valence-corrected chi connectivity index (χ2v) is 11.5. The van der Waals surface area contributed by atoms with Crippen molar-refractivity contribution in [2.45, 2.75) is 69.1 Å². The second kappa shape index (κ2) is 13.7. The Balaban J connectivity index is 0.00000442. The molecule has 5 rings (SSSR count). The highest BCUT2D eigenvalue weighted by atomic mass is 35.5. The van der Waals surface area contributed by atoms with Crippen LogP contribution < -0.4 is 0 Å². The van der Waals surface area contributed by atoms with Gasteiger partial charge < -0.3 is 14.4 Å². The van der Waals surface area contributed by atoms with Crippen LogP contribution in [0.5, 0.6) is 0 Å². The number of halogens is 7. The topological polar surface area (TPSA) is 59.1 Å². The molecular weight excluding hydrogens is 614 g/mol. The van der Waals surface area contributed by atoms with Crippen molar-refractivity contribution < 1.29 is 45.4 Å². The fourth-order valence-corrected chi connectivity index (χ4v) is 6.40. The Bertz CT molecular complexity index is 1270. The molecule has 0 aliphatic carbocycles. The first kappa shape index (κ1) is 34.1. The monoisotopic (exact) mass is 648 g/mol. The molecule has 3 saturated heterocycles. The lowest BCUT2D eigenvalue weighted by Gasteiger charge is -2.42. The summed E-state index contributed by atoms with van der Waals surface area (Å²) in [4.78, 5) is 29.4. The Hall–Kier alpha value is -2.83. The molecular formula is C31H35ClF6N2O4. The molecule has 4 atom stereocenters. The van der Waals surface area contributed by atoms with Crippen molar-refractivity contribution in [3.05, 3.63) is 70.8 Å². The van der Waals surface area contributed by atoms with Crippen LogP contribution in [-0.4, -0.2) is 66.6 Å². The summed E-state index contributed by atoms with van der Waals surface area (Å²) >= 11 is 0. The molecule has 242 valence electrons. The van der Waals surface area contributed by atoms with E-state index in [1.807, 2.05) is 30.3 Å². The van der Waals surface area contributed by atoms with Gasteiger partial charge in [-0.1, -0.05) is 30.3 Å². The molecule has 0 radical (unpaired) electrons. The first-order chi connectivity index (χ1) is 20.3. The fourth-order valence-electron chi connectivity index (χ4n) is 6.40. The lowest BCUT2D eigenvalue weighted by Crippen LogP contribution is -2.51. The third-order valence-electron chi connectivity index (χ3n) is 8.77. The molecule has 0 N–H and O–H groups in total. The smallest absolute Gasteiger partial charge is 0.416 e. The summed E-state index contributed by atoms with van der Waals surface area (Å²) in [5.41, 5.74) is -2.12. The number of likely N-dealkylation sites (tertiary alicyclic amines) is 2. The summed E-state index contributed by atoms with van der Waals surface area (Å²) in [6.07, 6.45) is -9.26. The van der Waals surface area contributed by atoms with Crippen LogP contribution in [0.3, 0.4) is 0 Å². The SMILES string of the molecule is C[C@@H](O[C@H]1CCN(C(=O)C2CCN(C3CCOC3=O)CC2)C[C@H]1c1ccccc1)c1cc(C(F)(F)F)cc(C(F)(F)F)c1.Cl. The van der Waals surface area contributed by atoms with Crippen LogP contribution in [0.4, 0.5) is 26.3 Å². The van der Waals surface area contributed by atoms with Gasteiger partial charge in [0.15, 0.2) is 0 Å². The molecule has 0 saturated carbocycles. The zero-order chi connectivity index (χ0) is 30.9. The minimum Gasteiger partial charge on any atom is -0.464 e. The number of hydrogen-bond donors (Lipinski definition) is 0. The molecule has 3 aliphatic rings. The maximum atomic E-state index is 13.6. The highest BCUT2D eigenvalue weighted by Gasteiger charge is 2.41. The molecule has 13 heteroatoms. The lowest BCUT2D eigenvalue weighted by atomic mass is 9.86. The standard InChI is InChI=1S/C31H34F6N2O4.ClH/c1-19(22-15-23(30(32,33)34)17-24(16-22)31(35,36)37)43-27-9-13-39(18-25(27)20-5-3-2-4-6-20)28(40)21-7-11-38(12-8-21)26-10-14-42-29(26)41;/h2-6,15-17,19,21,25-27H,7-14,18H2,1H3;1H/t19-,25+,26?,27+;/m1./s1. The van der Waals surface area contributed by atoms with E-state index in [1.54, 1.807) is 4.90 Å². The molecule has 1 amide bonds. The predicted octanol–water partition coefficient (Wildman–Crippen LogP) is 6.64. The Labute approximate surface area is 258 Å². The number of piperidine rings is 2. The zero-order valence-electron chi connectivity index (χ0n) is 24.1. The number of carbonyl (C=O) groups excluding carboxylic acids is 2. The number of ether oxygens (including phenoxy) is 2. The highest BCUT2D eigenvalue weighted by Crippen LogP contribution is 2.40. The van der Waals surface area contributed by atoms with Gasteiger partial charge in [-0.25, -0.2) is 0 Å². The van der Waals surface area contributed by atoms with Crippen LogP contribution in [-0.2, 0) is 31.4 Å². The molecule has 1 unspecified atom stereocenters. The van der Waals surface area contributed by atoms with Gasteiger partial charge in [-0.15, -0.1) is 12.4 Å². The van der Waals surface area contributed by atoms with Crippen molar-refractivity contribution in [2.24, 2.45) is 5.92 Å². The third-order valence-corrected chi connectivity index (χ3v) is 8.77. The number of rotatable bonds is 6. The van der Waals surface area contributed by atoms with Gasteiger partial charge in [0.2, 0.25) is 5.91 Å². The fraction of sp³-hybridized carbons (Fsp3) is 0.548. The van der Waals surface area contributed by atoms with E-state index in [0.717, 1.165) is 5.56 Å². The molecule has 3 aliphatic heterocycles. The third kappa shape index (κ3) is 7.69. The number of esters is 1. The van der Waals surface area contributed by atoms with Gasteiger partial charge in [0.25, 0.3) is 0 Å². The molecule has 0 bridgehead atoms. The van der Waals surface area contributed by atoms with Crippen LogP contribution in [0.1, 0.15) is 66.9 Å². The number of hydrogen-bond acceptors (Lipinski definition) is 5. The Morgan fingerprint density at radius 1 is 0.909 bits per heavy atom. The lowest BCUT2D eigenvalue weighted by molar-refractivity contribution is -0.145. The highest BCUT2D eigenvalue weighted by molar-refractivity contribution is 5.85. The van der Waals surface area contributed by atoms with Gasteiger partial charge in [-0.05, 0) is 68.6 Å². The molecule has 6 nitrogen and oxygen atoms in total. The number of benzene rings is 2. The van der Waals surface area contributed by atoms with Crippen molar-refractivity contribution in [1.29, 1.82) is 0 Å². The first-order valence-corrected chi connectivity index (χ1v) is 14.5. The summed E-state index contributed by atoms with van der Waals surface area (Å²) in [5.74, 6) is -0.740. The van der Waals surface area contributed by atoms with E-state index in [0.29, 0.717) is 70.6 Å². The summed E-state index contributed by atoms with van der Waals surface area (Å²) < 4.78 is 92.1. The van der Waals surface area contributed by atoms with Crippen LogP contribution in [0.25, 0.3) is 0 Å². The minimum atomic E-state index is -4.95. The molecule has 2 aromatic rings. The van der Waals surface area contributed by atoms with E-state index in [4.69, 9.17) is 9.47 Å². The largest absolute Gasteiger partial charge is 0.464 e. The molecule has 44 heavy (non-hydrogen) atoms. The normalized spacial score (nSPS) is 24.5. The maximum absolute atomic E-state index is 13.6.